The van der Waals surface area contributed by atoms with Gasteiger partial charge in [0.25, 0.3) is 0 Å². The summed E-state index contributed by atoms with van der Waals surface area (Å²) < 4.78 is 0. The van der Waals surface area contributed by atoms with Crippen LogP contribution in [0, 0.1) is 0 Å². The van der Waals surface area contributed by atoms with Gasteiger partial charge in [-0.25, -0.2) is 0 Å². The van der Waals surface area contributed by atoms with Crippen LogP contribution in [0.25, 0.3) is 0 Å². The highest BCUT2D eigenvalue weighted by molar-refractivity contribution is 5.90. The van der Waals surface area contributed by atoms with Crippen molar-refractivity contribution in [3.8, 4) is 0 Å². The molecule has 0 aromatic rings. The van der Waals surface area contributed by atoms with Gasteiger partial charge in [0.2, 0.25) is 17.7 Å². The molecule has 5 N–H and O–H groups in total. The lowest BCUT2D eigenvalue weighted by molar-refractivity contribution is -0.139. The SMILES string of the molecule is CN[C@H](CCC(=O)NCC(=O)NCC(=O)NCC(C)=O)C(=O)O. The van der Waals surface area contributed by atoms with Crippen molar-refractivity contribution in [2.75, 3.05) is 26.7 Å². The molecular formula is C13H22N4O6. The third-order valence-corrected chi connectivity index (χ3v) is 2.73. The number of carbonyl (C=O) groups excluding carboxylic acids is 4. The molecule has 1 atom stereocenters. The summed E-state index contributed by atoms with van der Waals surface area (Å²) in [6, 6.07) is -0.834. The highest BCUT2D eigenvalue weighted by Gasteiger charge is 2.16. The lowest BCUT2D eigenvalue weighted by atomic mass is 10.1. The molecule has 130 valence electrons. The van der Waals surface area contributed by atoms with Crippen LogP contribution in [0.2, 0.25) is 0 Å². The van der Waals surface area contributed by atoms with Crippen molar-refractivity contribution < 1.29 is 29.1 Å². The molecule has 0 saturated heterocycles. The van der Waals surface area contributed by atoms with E-state index in [1.165, 1.54) is 14.0 Å². The van der Waals surface area contributed by atoms with E-state index in [1.807, 2.05) is 0 Å². The number of carbonyl (C=O) groups is 5. The number of hydrogen-bond donors (Lipinski definition) is 5. The monoisotopic (exact) mass is 330 g/mol. The van der Waals surface area contributed by atoms with Crippen LogP contribution < -0.4 is 21.3 Å². The van der Waals surface area contributed by atoms with Crippen LogP contribution >= 0.6 is 0 Å². The Morgan fingerprint density at radius 2 is 1.35 bits per heavy atom. The van der Waals surface area contributed by atoms with Gasteiger partial charge in [-0.1, -0.05) is 0 Å². The molecule has 0 unspecified atom stereocenters. The predicted octanol–water partition coefficient (Wildman–Crippen LogP) is -2.62. The zero-order valence-electron chi connectivity index (χ0n) is 13.1. The molecule has 0 aliphatic rings. The third kappa shape index (κ3) is 10.8. The van der Waals surface area contributed by atoms with Crippen LogP contribution in [-0.2, 0) is 24.0 Å². The van der Waals surface area contributed by atoms with Gasteiger partial charge in [0.05, 0.1) is 19.6 Å². The van der Waals surface area contributed by atoms with Crippen molar-refractivity contribution in [2.45, 2.75) is 25.8 Å². The van der Waals surface area contributed by atoms with Gasteiger partial charge < -0.3 is 26.4 Å². The van der Waals surface area contributed by atoms with Gasteiger partial charge >= 0.3 is 5.97 Å². The number of likely N-dealkylation sites (N-methyl/N-ethyl adjacent to an activating group) is 1. The lowest BCUT2D eigenvalue weighted by Crippen LogP contribution is -2.43. The normalized spacial score (nSPS) is 11.2. The minimum Gasteiger partial charge on any atom is -0.480 e. The predicted molar refractivity (Wildman–Crippen MR) is 79.4 cm³/mol. The summed E-state index contributed by atoms with van der Waals surface area (Å²) in [5.41, 5.74) is 0. The highest BCUT2D eigenvalue weighted by Crippen LogP contribution is 1.96. The quantitative estimate of drug-likeness (QED) is 0.278. The maximum absolute atomic E-state index is 11.5. The van der Waals surface area contributed by atoms with E-state index in [0.717, 1.165) is 0 Å². The summed E-state index contributed by atoms with van der Waals surface area (Å²) in [5.74, 6) is -2.83. The summed E-state index contributed by atoms with van der Waals surface area (Å²) in [6.45, 7) is 0.581. The Labute approximate surface area is 133 Å². The second-order valence-corrected chi connectivity index (χ2v) is 4.75. The fraction of sp³-hybridized carbons (Fsp3) is 0.615. The number of carboxylic acid groups (broad SMARTS) is 1. The van der Waals surface area contributed by atoms with E-state index in [4.69, 9.17) is 5.11 Å². The van der Waals surface area contributed by atoms with Crippen LogP contribution in [0.1, 0.15) is 19.8 Å². The van der Waals surface area contributed by atoms with Crippen LogP contribution in [0.4, 0.5) is 0 Å². The maximum atomic E-state index is 11.5. The third-order valence-electron chi connectivity index (χ3n) is 2.73. The largest absolute Gasteiger partial charge is 0.480 e. The minimum absolute atomic E-state index is 0.0514. The smallest absolute Gasteiger partial charge is 0.320 e. The summed E-state index contributed by atoms with van der Waals surface area (Å²) in [5, 5.41) is 18.2. The van der Waals surface area contributed by atoms with Crippen molar-refractivity contribution in [3.05, 3.63) is 0 Å². The van der Waals surface area contributed by atoms with Crippen molar-refractivity contribution in [3.63, 3.8) is 0 Å². The summed E-state index contributed by atoms with van der Waals surface area (Å²) in [4.78, 5) is 55.5. The number of rotatable bonds is 11. The van der Waals surface area contributed by atoms with Crippen molar-refractivity contribution >= 4 is 29.5 Å². The Balaban J connectivity index is 3.87. The molecule has 0 aliphatic heterocycles. The average molecular weight is 330 g/mol. The number of hydrogen-bond acceptors (Lipinski definition) is 6. The Hall–Kier alpha value is -2.49. The Bertz CT molecular complexity index is 465. The Morgan fingerprint density at radius 3 is 1.78 bits per heavy atom. The maximum Gasteiger partial charge on any atom is 0.320 e. The number of carboxylic acids is 1. The molecule has 0 spiro atoms. The topological polar surface area (TPSA) is 154 Å². The van der Waals surface area contributed by atoms with Crippen LogP contribution in [0.5, 0.6) is 0 Å². The van der Waals surface area contributed by atoms with Gasteiger partial charge in [0, 0.05) is 6.42 Å². The molecule has 0 heterocycles. The van der Waals surface area contributed by atoms with Gasteiger partial charge in [-0.15, -0.1) is 0 Å². The van der Waals surface area contributed by atoms with Gasteiger partial charge in [0.15, 0.2) is 0 Å². The van der Waals surface area contributed by atoms with Crippen LogP contribution in [-0.4, -0.2) is 67.3 Å². The fourth-order valence-corrected chi connectivity index (χ4v) is 1.46. The Morgan fingerprint density at radius 1 is 0.870 bits per heavy atom. The highest BCUT2D eigenvalue weighted by atomic mass is 16.4. The van der Waals surface area contributed by atoms with E-state index in [0.29, 0.717) is 0 Å². The molecule has 0 aromatic carbocycles. The van der Waals surface area contributed by atoms with E-state index in [2.05, 4.69) is 21.3 Å². The van der Waals surface area contributed by atoms with Gasteiger partial charge in [-0.05, 0) is 20.4 Å². The first-order valence-electron chi connectivity index (χ1n) is 6.95. The van der Waals surface area contributed by atoms with Crippen molar-refractivity contribution in [2.24, 2.45) is 0 Å². The molecule has 0 aliphatic carbocycles. The molecule has 23 heavy (non-hydrogen) atoms. The molecule has 3 amide bonds. The van der Waals surface area contributed by atoms with E-state index in [-0.39, 0.29) is 38.3 Å². The molecule has 0 radical (unpaired) electrons. The first-order valence-corrected chi connectivity index (χ1v) is 6.95. The van der Waals surface area contributed by atoms with E-state index < -0.39 is 29.7 Å². The second kappa shape index (κ2) is 11.1. The average Bonchev–Trinajstić information content (AvgIpc) is 2.48. The molecule has 10 heteroatoms. The van der Waals surface area contributed by atoms with Gasteiger partial charge in [0.1, 0.15) is 11.8 Å². The van der Waals surface area contributed by atoms with Crippen molar-refractivity contribution in [1.29, 1.82) is 0 Å². The lowest BCUT2D eigenvalue weighted by Gasteiger charge is -2.11. The van der Waals surface area contributed by atoms with E-state index in [1.54, 1.807) is 0 Å². The van der Waals surface area contributed by atoms with Crippen molar-refractivity contribution in [1.82, 2.24) is 21.3 Å². The molecule has 10 nitrogen and oxygen atoms in total. The zero-order chi connectivity index (χ0) is 17.8. The number of amides is 3. The summed E-state index contributed by atoms with van der Waals surface area (Å²) >= 11 is 0. The second-order valence-electron chi connectivity index (χ2n) is 4.75. The molecule has 0 bridgehead atoms. The van der Waals surface area contributed by atoms with Gasteiger partial charge in [-0.3, -0.25) is 24.0 Å². The number of Topliss-reactive ketones (excluding diaryl/α,β-unsaturated/α-hetero) is 1. The molecule has 0 aromatic heterocycles. The van der Waals surface area contributed by atoms with Crippen LogP contribution in [0.15, 0.2) is 0 Å². The first-order chi connectivity index (χ1) is 10.8. The summed E-state index contributed by atoms with van der Waals surface area (Å²) in [6.07, 6.45) is 0.0386. The fourth-order valence-electron chi connectivity index (χ4n) is 1.46. The zero-order valence-corrected chi connectivity index (χ0v) is 13.1. The molecule has 0 saturated carbocycles. The number of ketones is 1. The molecule has 0 rings (SSSR count). The number of nitrogens with one attached hydrogen (secondary N) is 4. The summed E-state index contributed by atoms with van der Waals surface area (Å²) in [7, 11) is 1.47. The minimum atomic E-state index is -1.06. The van der Waals surface area contributed by atoms with E-state index >= 15 is 0 Å². The van der Waals surface area contributed by atoms with Gasteiger partial charge in [-0.2, -0.15) is 0 Å². The van der Waals surface area contributed by atoms with Crippen LogP contribution in [0.3, 0.4) is 0 Å². The Kier molecular flexibility index (Phi) is 9.92. The molecular weight excluding hydrogens is 308 g/mol. The first kappa shape index (κ1) is 20.5. The van der Waals surface area contributed by atoms with E-state index in [9.17, 15) is 24.0 Å². The molecule has 0 fully saturated rings. The number of aliphatic carboxylic acids is 1. The standard InChI is InChI=1S/C13H22N4O6/c1-8(18)5-15-11(20)7-17-12(21)6-16-10(19)4-3-9(14-2)13(22)23/h9,14H,3-7H2,1-2H3,(H,15,20)(H,16,19)(H,17,21)(H,22,23)/t9-/m1/s1.